The highest BCUT2D eigenvalue weighted by Gasteiger charge is 2.24. The predicted octanol–water partition coefficient (Wildman–Crippen LogP) is 3.52. The van der Waals surface area contributed by atoms with Crippen LogP contribution in [-0.4, -0.2) is 54.6 Å². The number of nitrogens with two attached hydrogens (primary N) is 1. The van der Waals surface area contributed by atoms with E-state index < -0.39 is 28.0 Å². The van der Waals surface area contributed by atoms with Crippen LogP contribution >= 0.6 is 0 Å². The summed E-state index contributed by atoms with van der Waals surface area (Å²) in [6.45, 7) is 10.2. The normalized spacial score (nSPS) is 12.4. The first-order valence-corrected chi connectivity index (χ1v) is 14.1. The highest BCUT2D eigenvalue weighted by Crippen LogP contribution is 2.29. The molecule has 11 nitrogen and oxygen atoms in total. The van der Waals surface area contributed by atoms with Crippen molar-refractivity contribution in [1.29, 1.82) is 0 Å². The van der Waals surface area contributed by atoms with Crippen LogP contribution in [0.4, 0.5) is 5.95 Å². The van der Waals surface area contributed by atoms with Crippen LogP contribution in [0.3, 0.4) is 0 Å². The van der Waals surface area contributed by atoms with E-state index in [0.29, 0.717) is 12.2 Å². The highest BCUT2D eigenvalue weighted by molar-refractivity contribution is 7.92. The average molecular weight is 570 g/mol. The molecule has 0 bridgehead atoms. The third kappa shape index (κ3) is 7.99. The van der Waals surface area contributed by atoms with Crippen molar-refractivity contribution in [3.05, 3.63) is 65.2 Å². The summed E-state index contributed by atoms with van der Waals surface area (Å²) in [6.07, 6.45) is -0.340. The maximum atomic E-state index is 13.1. The lowest BCUT2D eigenvalue weighted by Crippen LogP contribution is -2.44. The Labute approximate surface area is 234 Å². The summed E-state index contributed by atoms with van der Waals surface area (Å²) < 4.78 is 34.5. The molecule has 0 saturated heterocycles. The van der Waals surface area contributed by atoms with Crippen molar-refractivity contribution >= 4 is 27.8 Å². The summed E-state index contributed by atoms with van der Waals surface area (Å²) >= 11 is 0. The quantitative estimate of drug-likeness (QED) is 0.269. The molecule has 12 heteroatoms. The Morgan fingerprint density at radius 1 is 1.05 bits per heavy atom. The summed E-state index contributed by atoms with van der Waals surface area (Å²) in [5.74, 6) is -2.08. The Morgan fingerprint density at radius 2 is 1.70 bits per heavy atom. The number of sulfonamides is 1. The summed E-state index contributed by atoms with van der Waals surface area (Å²) in [4.78, 5) is 32.5. The summed E-state index contributed by atoms with van der Waals surface area (Å²) in [6, 6.07) is 12.1. The molecule has 1 atom stereocenters. The molecule has 1 amide bonds. The van der Waals surface area contributed by atoms with Gasteiger partial charge in [-0.25, -0.2) is 22.9 Å². The molecule has 1 heterocycles. The van der Waals surface area contributed by atoms with Crippen LogP contribution in [0.2, 0.25) is 0 Å². The molecule has 0 saturated carbocycles. The van der Waals surface area contributed by atoms with E-state index in [1.807, 2.05) is 32.0 Å². The predicted molar refractivity (Wildman–Crippen MR) is 152 cm³/mol. The van der Waals surface area contributed by atoms with Crippen molar-refractivity contribution < 1.29 is 27.9 Å². The number of nitrogens with one attached hydrogen (secondary N) is 2. The molecule has 1 aromatic heterocycles. The Bertz CT molecular complexity index is 1480. The Morgan fingerprint density at radius 3 is 2.30 bits per heavy atom. The molecule has 0 fully saturated rings. The van der Waals surface area contributed by atoms with Crippen LogP contribution in [0, 0.1) is 19.3 Å². The molecule has 1 unspecified atom stereocenters. The monoisotopic (exact) mass is 569 g/mol. The molecule has 5 N–H and O–H groups in total. The number of carboxylic acids is 1. The van der Waals surface area contributed by atoms with E-state index in [-0.39, 0.29) is 34.2 Å². The summed E-state index contributed by atoms with van der Waals surface area (Å²) in [7, 11) is -4.28. The molecule has 3 aromatic rings. The van der Waals surface area contributed by atoms with Crippen molar-refractivity contribution in [3.8, 4) is 17.1 Å². The van der Waals surface area contributed by atoms with Crippen molar-refractivity contribution in [1.82, 2.24) is 15.3 Å². The van der Waals surface area contributed by atoms with E-state index in [1.165, 1.54) is 24.3 Å². The smallest absolute Gasteiger partial charge is 0.335 e. The number of amides is 1. The van der Waals surface area contributed by atoms with Gasteiger partial charge in [-0.3, -0.25) is 4.79 Å². The van der Waals surface area contributed by atoms with Gasteiger partial charge in [0.2, 0.25) is 11.8 Å². The van der Waals surface area contributed by atoms with Crippen LogP contribution in [0.15, 0.2) is 53.4 Å². The van der Waals surface area contributed by atoms with Gasteiger partial charge in [0.25, 0.3) is 15.9 Å². The summed E-state index contributed by atoms with van der Waals surface area (Å²) in [5.41, 5.74) is 8.53. The van der Waals surface area contributed by atoms with E-state index in [0.717, 1.165) is 29.2 Å². The van der Waals surface area contributed by atoms with Gasteiger partial charge in [0.15, 0.2) is 6.10 Å². The van der Waals surface area contributed by atoms with Gasteiger partial charge in [-0.1, -0.05) is 45.0 Å². The first kappa shape index (κ1) is 30.5. The Kier molecular flexibility index (Phi) is 9.48. The second-order valence-electron chi connectivity index (χ2n) is 10.6. The molecule has 0 aliphatic carbocycles. The first-order valence-electron chi connectivity index (χ1n) is 12.7. The van der Waals surface area contributed by atoms with Gasteiger partial charge in [-0.15, -0.1) is 0 Å². The third-order valence-corrected chi connectivity index (χ3v) is 7.33. The van der Waals surface area contributed by atoms with Crippen molar-refractivity contribution in [2.24, 2.45) is 11.1 Å². The SMILES string of the molecule is Cc1cccc(C)c1-c1cc(OC(CN)C(=O)NCCC(C)(C)C)nc(NS(=O)(=O)c2cccc(C(=O)O)c2)n1. The minimum absolute atomic E-state index is 0.0232. The highest BCUT2D eigenvalue weighted by atomic mass is 32.2. The minimum Gasteiger partial charge on any atom is -0.478 e. The lowest BCUT2D eigenvalue weighted by molar-refractivity contribution is -0.127. The number of anilines is 1. The van der Waals surface area contributed by atoms with Crippen LogP contribution in [0.5, 0.6) is 5.88 Å². The second-order valence-corrected chi connectivity index (χ2v) is 12.2. The number of aromatic carboxylic acids is 1. The zero-order valence-electron chi connectivity index (χ0n) is 23.2. The van der Waals surface area contributed by atoms with Crippen LogP contribution in [0.1, 0.15) is 48.7 Å². The molecular formula is C28H35N5O6S. The largest absolute Gasteiger partial charge is 0.478 e. The lowest BCUT2D eigenvalue weighted by Gasteiger charge is -2.21. The number of carbonyl (C=O) groups excluding carboxylic acids is 1. The lowest BCUT2D eigenvalue weighted by atomic mass is 9.92. The van der Waals surface area contributed by atoms with Crippen LogP contribution < -0.4 is 20.5 Å². The number of aryl methyl sites for hydroxylation is 2. The zero-order valence-corrected chi connectivity index (χ0v) is 24.0. The molecule has 0 spiro atoms. The molecule has 214 valence electrons. The zero-order chi connectivity index (χ0) is 29.7. The fourth-order valence-corrected chi connectivity index (χ4v) is 4.87. The van der Waals surface area contributed by atoms with Crippen LogP contribution in [-0.2, 0) is 14.8 Å². The van der Waals surface area contributed by atoms with Gasteiger partial charge < -0.3 is 20.9 Å². The number of hydrogen-bond donors (Lipinski definition) is 4. The van der Waals surface area contributed by atoms with E-state index >= 15 is 0 Å². The number of benzene rings is 2. The number of aromatic nitrogens is 2. The van der Waals surface area contributed by atoms with E-state index in [1.54, 1.807) is 0 Å². The standard InChI is InChI=1S/C28H35N5O6S/c1-17-8-6-9-18(2)24(17)21-15-23(39-22(16-29)25(34)30-13-12-28(3,4)5)32-27(31-21)33-40(37,38)20-11-7-10-19(14-20)26(35)36/h6-11,14-15,22H,12-13,16,29H2,1-5H3,(H,30,34)(H,35,36)(H,31,32,33). The molecule has 0 radical (unpaired) electrons. The van der Waals surface area contributed by atoms with E-state index in [9.17, 15) is 23.1 Å². The molecule has 40 heavy (non-hydrogen) atoms. The second kappa shape index (κ2) is 12.4. The Balaban J connectivity index is 2.00. The Hall–Kier alpha value is -4.03. The number of rotatable bonds is 11. The molecule has 0 aliphatic rings. The van der Waals surface area contributed by atoms with E-state index in [4.69, 9.17) is 10.5 Å². The fraction of sp³-hybridized carbons (Fsp3) is 0.357. The molecule has 2 aromatic carbocycles. The van der Waals surface area contributed by atoms with Gasteiger partial charge in [-0.2, -0.15) is 4.98 Å². The number of hydrogen-bond acceptors (Lipinski definition) is 8. The third-order valence-electron chi connectivity index (χ3n) is 6.00. The average Bonchev–Trinajstić information content (AvgIpc) is 2.86. The van der Waals surface area contributed by atoms with E-state index in [2.05, 4.69) is 40.8 Å². The maximum Gasteiger partial charge on any atom is 0.335 e. The van der Waals surface area contributed by atoms with Crippen molar-refractivity contribution in [2.45, 2.75) is 52.0 Å². The molecular weight excluding hydrogens is 534 g/mol. The van der Waals surface area contributed by atoms with Crippen molar-refractivity contribution in [2.75, 3.05) is 17.8 Å². The fourth-order valence-electron chi connectivity index (χ4n) is 3.88. The maximum absolute atomic E-state index is 13.1. The van der Waals surface area contributed by atoms with Gasteiger partial charge in [0.05, 0.1) is 16.2 Å². The van der Waals surface area contributed by atoms with Gasteiger partial charge >= 0.3 is 5.97 Å². The minimum atomic E-state index is -4.28. The van der Waals surface area contributed by atoms with Gasteiger partial charge in [0.1, 0.15) is 0 Å². The summed E-state index contributed by atoms with van der Waals surface area (Å²) in [5, 5.41) is 12.1. The van der Waals surface area contributed by atoms with Crippen molar-refractivity contribution in [3.63, 3.8) is 0 Å². The van der Waals surface area contributed by atoms with Gasteiger partial charge in [0, 0.05) is 24.7 Å². The van der Waals surface area contributed by atoms with Gasteiger partial charge in [-0.05, 0) is 55.0 Å². The first-order chi connectivity index (χ1) is 18.7. The number of nitrogens with zero attached hydrogens (tertiary/aromatic N) is 2. The number of carboxylic acid groups (broad SMARTS) is 1. The van der Waals surface area contributed by atoms with Crippen LogP contribution in [0.25, 0.3) is 11.3 Å². The molecule has 0 aliphatic heterocycles. The number of ether oxygens (including phenoxy) is 1. The molecule has 3 rings (SSSR count). The topological polar surface area (TPSA) is 174 Å². The number of carbonyl (C=O) groups is 2.